The SMILES string of the molecule is CCNC(=O)[C@@H](C)N(Cc1ccc(Br)cc1)C(=O)CN(c1ccc(OC)cc1)S(=O)(=O)c1ccccc1. The van der Waals surface area contributed by atoms with Crippen LogP contribution in [0.4, 0.5) is 5.69 Å². The molecule has 1 atom stereocenters. The van der Waals surface area contributed by atoms with Gasteiger partial charge in [-0.05, 0) is 67.9 Å². The van der Waals surface area contributed by atoms with Gasteiger partial charge in [-0.15, -0.1) is 0 Å². The molecule has 0 saturated carbocycles. The summed E-state index contributed by atoms with van der Waals surface area (Å²) in [6.45, 7) is 3.47. The highest BCUT2D eigenvalue weighted by atomic mass is 79.9. The minimum Gasteiger partial charge on any atom is -0.497 e. The van der Waals surface area contributed by atoms with E-state index in [0.29, 0.717) is 18.0 Å². The lowest BCUT2D eigenvalue weighted by molar-refractivity contribution is -0.139. The maximum absolute atomic E-state index is 13.8. The van der Waals surface area contributed by atoms with Gasteiger partial charge >= 0.3 is 0 Å². The summed E-state index contributed by atoms with van der Waals surface area (Å²) in [4.78, 5) is 27.9. The van der Waals surface area contributed by atoms with Crippen molar-refractivity contribution in [3.63, 3.8) is 0 Å². The lowest BCUT2D eigenvalue weighted by atomic mass is 10.1. The zero-order valence-electron chi connectivity index (χ0n) is 20.9. The second-order valence-electron chi connectivity index (χ2n) is 8.24. The van der Waals surface area contributed by atoms with Gasteiger partial charge in [0.25, 0.3) is 10.0 Å². The van der Waals surface area contributed by atoms with Gasteiger partial charge in [-0.1, -0.05) is 46.3 Å². The first-order valence-electron chi connectivity index (χ1n) is 11.7. The Morgan fingerprint density at radius 3 is 2.16 bits per heavy atom. The van der Waals surface area contributed by atoms with Gasteiger partial charge in [0.15, 0.2) is 0 Å². The van der Waals surface area contributed by atoms with E-state index in [-0.39, 0.29) is 17.3 Å². The molecule has 0 bridgehead atoms. The Kier molecular flexibility index (Phi) is 9.71. The second-order valence-corrected chi connectivity index (χ2v) is 11.0. The van der Waals surface area contributed by atoms with Crippen molar-refractivity contribution in [2.45, 2.75) is 31.3 Å². The largest absolute Gasteiger partial charge is 0.497 e. The Labute approximate surface area is 226 Å². The minimum absolute atomic E-state index is 0.0508. The number of hydrogen-bond donors (Lipinski definition) is 1. The number of nitrogens with one attached hydrogen (secondary N) is 1. The van der Waals surface area contributed by atoms with Crippen LogP contribution in [0.2, 0.25) is 0 Å². The van der Waals surface area contributed by atoms with E-state index in [1.54, 1.807) is 56.3 Å². The molecular weight excluding hydrogens is 558 g/mol. The number of carbonyl (C=O) groups excluding carboxylic acids is 2. The molecule has 0 spiro atoms. The van der Waals surface area contributed by atoms with Gasteiger partial charge in [-0.25, -0.2) is 8.42 Å². The predicted octanol–water partition coefficient (Wildman–Crippen LogP) is 4.21. The van der Waals surface area contributed by atoms with Crippen LogP contribution in [0.15, 0.2) is 88.2 Å². The molecule has 10 heteroatoms. The van der Waals surface area contributed by atoms with Crippen LogP contribution >= 0.6 is 15.9 Å². The van der Waals surface area contributed by atoms with Crippen LogP contribution < -0.4 is 14.4 Å². The minimum atomic E-state index is -4.10. The molecule has 0 aliphatic carbocycles. The van der Waals surface area contributed by atoms with E-state index in [4.69, 9.17) is 4.74 Å². The number of anilines is 1. The number of amides is 2. The van der Waals surface area contributed by atoms with Gasteiger partial charge in [0.1, 0.15) is 18.3 Å². The van der Waals surface area contributed by atoms with Gasteiger partial charge in [0, 0.05) is 17.6 Å². The Balaban J connectivity index is 2.01. The monoisotopic (exact) mass is 587 g/mol. The first-order chi connectivity index (χ1) is 17.7. The number of carbonyl (C=O) groups is 2. The molecule has 0 fully saturated rings. The molecule has 196 valence electrons. The average Bonchev–Trinajstić information content (AvgIpc) is 2.91. The summed E-state index contributed by atoms with van der Waals surface area (Å²) in [5.74, 6) is -0.291. The molecule has 0 heterocycles. The van der Waals surface area contributed by atoms with Crippen LogP contribution in [0.1, 0.15) is 19.4 Å². The first kappa shape index (κ1) is 28.2. The molecular formula is C27H30BrN3O5S. The molecule has 3 aromatic rings. The number of benzene rings is 3. The van der Waals surface area contributed by atoms with E-state index in [9.17, 15) is 18.0 Å². The molecule has 37 heavy (non-hydrogen) atoms. The topological polar surface area (TPSA) is 96.0 Å². The third-order valence-electron chi connectivity index (χ3n) is 5.75. The summed E-state index contributed by atoms with van der Waals surface area (Å²) in [7, 11) is -2.59. The molecule has 0 unspecified atom stereocenters. The van der Waals surface area contributed by atoms with Crippen LogP contribution in [-0.4, -0.2) is 51.4 Å². The van der Waals surface area contributed by atoms with Crippen molar-refractivity contribution in [2.75, 3.05) is 24.5 Å². The summed E-state index contributed by atoms with van der Waals surface area (Å²) < 4.78 is 34.5. The van der Waals surface area contributed by atoms with Crippen molar-refractivity contribution >= 4 is 43.5 Å². The summed E-state index contributed by atoms with van der Waals surface area (Å²) >= 11 is 3.40. The summed E-state index contributed by atoms with van der Waals surface area (Å²) in [5.41, 5.74) is 1.10. The zero-order chi connectivity index (χ0) is 27.0. The van der Waals surface area contributed by atoms with Gasteiger partial charge in [0.2, 0.25) is 11.8 Å². The fourth-order valence-corrected chi connectivity index (χ4v) is 5.39. The van der Waals surface area contributed by atoms with E-state index in [1.165, 1.54) is 24.1 Å². The maximum atomic E-state index is 13.8. The third-order valence-corrected chi connectivity index (χ3v) is 8.07. The van der Waals surface area contributed by atoms with E-state index < -0.39 is 28.5 Å². The van der Waals surface area contributed by atoms with Gasteiger partial charge in [-0.3, -0.25) is 13.9 Å². The molecule has 0 saturated heterocycles. The number of ether oxygens (including phenoxy) is 1. The second kappa shape index (κ2) is 12.7. The zero-order valence-corrected chi connectivity index (χ0v) is 23.3. The van der Waals surface area contributed by atoms with Crippen LogP contribution in [0, 0.1) is 0 Å². The maximum Gasteiger partial charge on any atom is 0.264 e. The summed E-state index contributed by atoms with van der Waals surface area (Å²) in [5, 5.41) is 2.74. The van der Waals surface area contributed by atoms with Crippen molar-refractivity contribution in [2.24, 2.45) is 0 Å². The number of hydrogen-bond acceptors (Lipinski definition) is 5. The van der Waals surface area contributed by atoms with Crippen molar-refractivity contribution in [3.8, 4) is 5.75 Å². The fraction of sp³-hybridized carbons (Fsp3) is 0.259. The Morgan fingerprint density at radius 2 is 1.59 bits per heavy atom. The van der Waals surface area contributed by atoms with Crippen LogP contribution in [0.5, 0.6) is 5.75 Å². The van der Waals surface area contributed by atoms with Crippen molar-refractivity contribution < 1.29 is 22.7 Å². The molecule has 8 nitrogen and oxygen atoms in total. The Bertz CT molecular complexity index is 1300. The van der Waals surface area contributed by atoms with E-state index in [2.05, 4.69) is 21.2 Å². The number of sulfonamides is 1. The number of methoxy groups -OCH3 is 1. The molecule has 0 radical (unpaired) electrons. The van der Waals surface area contributed by atoms with Crippen molar-refractivity contribution in [3.05, 3.63) is 88.9 Å². The Hall–Kier alpha value is -3.37. The number of halogens is 1. The van der Waals surface area contributed by atoms with Gasteiger partial charge in [0.05, 0.1) is 17.7 Å². The smallest absolute Gasteiger partial charge is 0.264 e. The van der Waals surface area contributed by atoms with E-state index in [0.717, 1.165) is 14.3 Å². The van der Waals surface area contributed by atoms with Gasteiger partial charge in [-0.2, -0.15) is 0 Å². The molecule has 0 aliphatic rings. The van der Waals surface area contributed by atoms with Crippen molar-refractivity contribution in [1.29, 1.82) is 0 Å². The number of nitrogens with zero attached hydrogens (tertiary/aromatic N) is 2. The molecule has 0 aromatic heterocycles. The van der Waals surface area contributed by atoms with Crippen molar-refractivity contribution in [1.82, 2.24) is 10.2 Å². The highest BCUT2D eigenvalue weighted by molar-refractivity contribution is 9.10. The molecule has 3 rings (SSSR count). The number of rotatable bonds is 11. The standard InChI is InChI=1S/C27H30BrN3O5S/c1-4-29-27(33)20(2)30(18-21-10-12-22(28)13-11-21)26(32)19-31(23-14-16-24(36-3)17-15-23)37(34,35)25-8-6-5-7-9-25/h5-17,20H,4,18-19H2,1-3H3,(H,29,33)/t20-/m1/s1. The molecule has 0 aliphatic heterocycles. The average molecular weight is 589 g/mol. The molecule has 3 aromatic carbocycles. The highest BCUT2D eigenvalue weighted by Gasteiger charge is 2.32. The van der Waals surface area contributed by atoms with Crippen LogP contribution in [0.25, 0.3) is 0 Å². The normalized spacial score (nSPS) is 11.9. The lowest BCUT2D eigenvalue weighted by Gasteiger charge is -2.32. The fourth-order valence-electron chi connectivity index (χ4n) is 3.69. The molecule has 1 N–H and O–H groups in total. The summed E-state index contributed by atoms with van der Waals surface area (Å²) in [6.07, 6.45) is 0. The highest BCUT2D eigenvalue weighted by Crippen LogP contribution is 2.26. The lowest BCUT2D eigenvalue weighted by Crippen LogP contribution is -2.51. The van der Waals surface area contributed by atoms with Crippen LogP contribution in [-0.2, 0) is 26.2 Å². The Morgan fingerprint density at radius 1 is 0.973 bits per heavy atom. The first-order valence-corrected chi connectivity index (χ1v) is 13.9. The van der Waals surface area contributed by atoms with Gasteiger partial charge < -0.3 is 15.0 Å². The third kappa shape index (κ3) is 7.11. The van der Waals surface area contributed by atoms with E-state index >= 15 is 0 Å². The predicted molar refractivity (Wildman–Crippen MR) is 147 cm³/mol. The molecule has 2 amide bonds. The van der Waals surface area contributed by atoms with Crippen LogP contribution in [0.3, 0.4) is 0 Å². The quantitative estimate of drug-likeness (QED) is 0.362. The van der Waals surface area contributed by atoms with E-state index in [1.807, 2.05) is 24.3 Å². The summed E-state index contributed by atoms with van der Waals surface area (Å²) in [6, 6.07) is 20.9. The number of likely N-dealkylation sites (N-methyl/N-ethyl adjacent to an activating group) is 1.